The lowest BCUT2D eigenvalue weighted by molar-refractivity contribution is -0.130. The summed E-state index contributed by atoms with van der Waals surface area (Å²) in [6, 6.07) is 8.88. The molecule has 10 nitrogen and oxygen atoms in total. The van der Waals surface area contributed by atoms with Crippen LogP contribution in [0.5, 0.6) is 0 Å². The molecule has 4 N–H and O–H groups in total. The van der Waals surface area contributed by atoms with Crippen LogP contribution in [-0.4, -0.2) is 45.1 Å². The molecule has 0 bridgehead atoms. The van der Waals surface area contributed by atoms with E-state index in [-0.39, 0.29) is 12.3 Å². The van der Waals surface area contributed by atoms with E-state index >= 15 is 0 Å². The van der Waals surface area contributed by atoms with Gasteiger partial charge in [0.25, 0.3) is 5.89 Å². The number of fused-ring (bicyclic) bond motifs is 1. The quantitative estimate of drug-likeness (QED) is 0.447. The summed E-state index contributed by atoms with van der Waals surface area (Å²) in [4.78, 5) is 20.2. The fourth-order valence-electron chi connectivity index (χ4n) is 4.56. The fraction of sp³-hybridized carbons (Fsp3) is 0.364. The monoisotopic (exact) mass is 464 g/mol. The van der Waals surface area contributed by atoms with Crippen LogP contribution in [-0.2, 0) is 24.1 Å². The standard InChI is InChI=1S/C22H24N8O2S/c1-12-20(24-22(33-12)23-15-8-13-4-2-3-5-14(13)9-15)21-28-27-18(32-21)10-19(31)30-7-6-16-17(11-30)26-29-25-16/h2-5,15,25-26,29H,6-11H2,1H3,(H,23,24). The first-order valence-electron chi connectivity index (χ1n) is 11.0. The molecule has 3 aromatic rings. The summed E-state index contributed by atoms with van der Waals surface area (Å²) in [6.07, 6.45) is 2.84. The van der Waals surface area contributed by atoms with E-state index < -0.39 is 0 Å². The fourth-order valence-corrected chi connectivity index (χ4v) is 5.45. The Morgan fingerprint density at radius 2 is 2.00 bits per heavy atom. The third kappa shape index (κ3) is 3.93. The normalized spacial score (nSPS) is 17.5. The molecule has 2 aromatic heterocycles. The number of aromatic nitrogens is 3. The van der Waals surface area contributed by atoms with E-state index in [1.54, 1.807) is 16.2 Å². The summed E-state index contributed by atoms with van der Waals surface area (Å²) in [5, 5.41) is 12.7. The van der Waals surface area contributed by atoms with E-state index in [0.717, 1.165) is 40.7 Å². The Balaban J connectivity index is 1.10. The minimum atomic E-state index is -0.0383. The van der Waals surface area contributed by atoms with Gasteiger partial charge in [-0.3, -0.25) is 4.79 Å². The maximum Gasteiger partial charge on any atom is 0.267 e. The van der Waals surface area contributed by atoms with Crippen LogP contribution in [0.25, 0.3) is 11.6 Å². The molecule has 3 aliphatic rings. The molecule has 0 fully saturated rings. The molecule has 0 atom stereocenters. The van der Waals surface area contributed by atoms with Gasteiger partial charge < -0.3 is 25.5 Å². The zero-order valence-electron chi connectivity index (χ0n) is 18.1. The Bertz CT molecular complexity index is 1220. The maximum absolute atomic E-state index is 12.7. The van der Waals surface area contributed by atoms with Crippen LogP contribution in [0.2, 0.25) is 0 Å². The Kier molecular flexibility index (Phi) is 4.99. The van der Waals surface area contributed by atoms with Gasteiger partial charge in [-0.25, -0.2) is 4.98 Å². The molecular formula is C22H24N8O2S. The van der Waals surface area contributed by atoms with Gasteiger partial charge in [0.1, 0.15) is 12.1 Å². The van der Waals surface area contributed by atoms with Crippen molar-refractivity contribution in [3.05, 3.63) is 57.6 Å². The molecule has 0 unspecified atom stereocenters. The van der Waals surface area contributed by atoms with Crippen LogP contribution in [0.15, 0.2) is 40.1 Å². The second-order valence-corrected chi connectivity index (χ2v) is 9.72. The van der Waals surface area contributed by atoms with Gasteiger partial charge in [0, 0.05) is 23.9 Å². The number of amides is 1. The van der Waals surface area contributed by atoms with E-state index in [0.29, 0.717) is 36.6 Å². The molecule has 0 saturated heterocycles. The van der Waals surface area contributed by atoms with Crippen LogP contribution in [0.4, 0.5) is 5.13 Å². The second-order valence-electron chi connectivity index (χ2n) is 8.52. The van der Waals surface area contributed by atoms with Crippen molar-refractivity contribution in [2.45, 2.75) is 38.6 Å². The summed E-state index contributed by atoms with van der Waals surface area (Å²) in [7, 11) is 0. The summed E-state index contributed by atoms with van der Waals surface area (Å²) >= 11 is 1.58. The molecule has 0 radical (unpaired) electrons. The lowest BCUT2D eigenvalue weighted by Gasteiger charge is -2.26. The van der Waals surface area contributed by atoms with Gasteiger partial charge >= 0.3 is 0 Å². The van der Waals surface area contributed by atoms with Crippen molar-refractivity contribution in [1.29, 1.82) is 0 Å². The van der Waals surface area contributed by atoms with Crippen LogP contribution >= 0.6 is 11.3 Å². The molecule has 1 aromatic carbocycles. The van der Waals surface area contributed by atoms with Crippen molar-refractivity contribution in [3.8, 4) is 11.6 Å². The van der Waals surface area contributed by atoms with Crippen LogP contribution in [0.3, 0.4) is 0 Å². The third-order valence-corrected chi connectivity index (χ3v) is 7.17. The highest BCUT2D eigenvalue weighted by Crippen LogP contribution is 2.32. The molecule has 11 heteroatoms. The zero-order chi connectivity index (χ0) is 22.4. The van der Waals surface area contributed by atoms with E-state index in [1.165, 1.54) is 11.1 Å². The number of hydrogen-bond acceptors (Lipinski definition) is 10. The average Bonchev–Trinajstić information content (AvgIpc) is 3.59. The summed E-state index contributed by atoms with van der Waals surface area (Å²) in [5.74, 6) is 0.617. The number of benzene rings is 1. The van der Waals surface area contributed by atoms with Crippen molar-refractivity contribution < 1.29 is 9.21 Å². The predicted molar refractivity (Wildman–Crippen MR) is 123 cm³/mol. The Hall–Kier alpha value is -3.44. The molecule has 33 heavy (non-hydrogen) atoms. The number of nitrogens with one attached hydrogen (secondary N) is 4. The molecule has 6 rings (SSSR count). The Labute approximate surface area is 194 Å². The summed E-state index contributed by atoms with van der Waals surface area (Å²) in [6.45, 7) is 3.17. The molecule has 0 saturated carbocycles. The first-order chi connectivity index (χ1) is 16.1. The second kappa shape index (κ2) is 8.16. The number of nitrogens with zero attached hydrogens (tertiary/aromatic N) is 4. The highest BCUT2D eigenvalue weighted by atomic mass is 32.1. The van der Waals surface area contributed by atoms with E-state index in [2.05, 4.69) is 56.2 Å². The maximum atomic E-state index is 12.7. The number of aryl methyl sites for hydroxylation is 1. The number of rotatable bonds is 5. The first kappa shape index (κ1) is 20.2. The van der Waals surface area contributed by atoms with Crippen molar-refractivity contribution in [1.82, 2.24) is 36.5 Å². The number of anilines is 1. The van der Waals surface area contributed by atoms with Crippen molar-refractivity contribution in [2.75, 3.05) is 18.4 Å². The molecule has 1 aliphatic carbocycles. The molecule has 0 spiro atoms. The lowest BCUT2D eigenvalue weighted by atomic mass is 10.1. The van der Waals surface area contributed by atoms with Gasteiger partial charge in [0.05, 0.1) is 17.9 Å². The minimum absolute atomic E-state index is 0.0383. The number of thiazole rings is 1. The molecule has 170 valence electrons. The third-order valence-electron chi connectivity index (χ3n) is 6.27. The van der Waals surface area contributed by atoms with Gasteiger partial charge in [0.2, 0.25) is 11.8 Å². The van der Waals surface area contributed by atoms with Crippen molar-refractivity contribution in [2.24, 2.45) is 0 Å². The van der Waals surface area contributed by atoms with Gasteiger partial charge in [-0.2, -0.15) is 5.53 Å². The van der Waals surface area contributed by atoms with E-state index in [1.807, 2.05) is 6.92 Å². The van der Waals surface area contributed by atoms with Crippen molar-refractivity contribution in [3.63, 3.8) is 0 Å². The van der Waals surface area contributed by atoms with Gasteiger partial charge in [-0.05, 0) is 30.9 Å². The van der Waals surface area contributed by atoms with Gasteiger partial charge in [0.15, 0.2) is 5.13 Å². The van der Waals surface area contributed by atoms with Gasteiger partial charge in [-0.15, -0.1) is 21.5 Å². The summed E-state index contributed by atoms with van der Waals surface area (Å²) < 4.78 is 5.83. The molecular weight excluding hydrogens is 440 g/mol. The van der Waals surface area contributed by atoms with E-state index in [9.17, 15) is 4.79 Å². The van der Waals surface area contributed by atoms with Crippen LogP contribution in [0, 0.1) is 6.92 Å². The molecule has 4 heterocycles. The predicted octanol–water partition coefficient (Wildman–Crippen LogP) is 1.68. The van der Waals surface area contributed by atoms with Gasteiger partial charge in [-0.1, -0.05) is 24.3 Å². The summed E-state index contributed by atoms with van der Waals surface area (Å²) in [5.41, 5.74) is 14.5. The highest BCUT2D eigenvalue weighted by Gasteiger charge is 2.27. The highest BCUT2D eigenvalue weighted by molar-refractivity contribution is 7.16. The minimum Gasteiger partial charge on any atom is -0.419 e. The smallest absolute Gasteiger partial charge is 0.267 e. The largest absolute Gasteiger partial charge is 0.419 e. The number of carbonyl (C=O) groups is 1. The van der Waals surface area contributed by atoms with Crippen LogP contribution in [0.1, 0.15) is 28.3 Å². The zero-order valence-corrected chi connectivity index (χ0v) is 19.0. The van der Waals surface area contributed by atoms with Crippen LogP contribution < -0.4 is 21.7 Å². The first-order valence-corrected chi connectivity index (χ1v) is 11.8. The Morgan fingerprint density at radius 1 is 1.21 bits per heavy atom. The average molecular weight is 465 g/mol. The Morgan fingerprint density at radius 3 is 2.82 bits per heavy atom. The number of hydrazine groups is 2. The number of carbonyl (C=O) groups excluding carboxylic acids is 1. The topological polar surface area (TPSA) is 120 Å². The van der Waals surface area contributed by atoms with E-state index in [4.69, 9.17) is 9.40 Å². The molecule has 2 aliphatic heterocycles. The number of hydrogen-bond donors (Lipinski definition) is 4. The van der Waals surface area contributed by atoms with Crippen molar-refractivity contribution >= 4 is 22.4 Å². The molecule has 1 amide bonds. The lowest BCUT2D eigenvalue weighted by Crippen LogP contribution is -2.40. The SMILES string of the molecule is Cc1sc(NC2Cc3ccccc3C2)nc1-c1nnc(CC(=O)N2CCC3=C(C2)NNN3)o1.